The third-order valence-corrected chi connectivity index (χ3v) is 3.00. The Kier molecular flexibility index (Phi) is 3.88. The molecule has 2 atom stereocenters. The smallest absolute Gasteiger partial charge is 0.321 e. The Morgan fingerprint density at radius 2 is 2.44 bits per heavy atom. The molecule has 1 rings (SSSR count). The lowest BCUT2D eigenvalue weighted by Gasteiger charge is -2.21. The molecule has 0 aromatic carbocycles. The molecule has 3 N–H and O–H groups in total. The Bertz CT molecular complexity index is 352. The summed E-state index contributed by atoms with van der Waals surface area (Å²) in [5.74, 6) is 0. The fourth-order valence-corrected chi connectivity index (χ4v) is 1.99. The van der Waals surface area contributed by atoms with Gasteiger partial charge in [-0.05, 0) is 26.2 Å². The number of halogens is 1. The monoisotopic (exact) mass is 247 g/mol. The van der Waals surface area contributed by atoms with Gasteiger partial charge in [-0.15, -0.1) is 0 Å². The normalized spacial score (nSPS) is 31.8. The molecule has 6 nitrogen and oxygen atoms in total. The molecule has 2 unspecified atom stereocenters. The summed E-state index contributed by atoms with van der Waals surface area (Å²) in [4.78, 5) is 13.8. The van der Waals surface area contributed by atoms with Crippen molar-refractivity contribution in [3.8, 4) is 0 Å². The van der Waals surface area contributed by atoms with Crippen molar-refractivity contribution < 1.29 is 10.0 Å². The predicted molar refractivity (Wildman–Crippen MR) is 60.8 cm³/mol. The van der Waals surface area contributed by atoms with Crippen LogP contribution in [0.3, 0.4) is 0 Å². The van der Waals surface area contributed by atoms with Crippen LogP contribution in [0.2, 0.25) is 0 Å². The van der Waals surface area contributed by atoms with Crippen LogP contribution in [-0.4, -0.2) is 26.8 Å². The Morgan fingerprint density at radius 3 is 2.81 bits per heavy atom. The highest BCUT2D eigenvalue weighted by atomic mass is 35.5. The van der Waals surface area contributed by atoms with Crippen LogP contribution in [-0.2, 0) is 0 Å². The molecule has 7 heteroatoms. The van der Waals surface area contributed by atoms with Crippen molar-refractivity contribution in [3.05, 3.63) is 22.0 Å². The first-order valence-electron chi connectivity index (χ1n) is 4.91. The van der Waals surface area contributed by atoms with Crippen molar-refractivity contribution in [1.82, 2.24) is 0 Å². The van der Waals surface area contributed by atoms with E-state index in [0.29, 0.717) is 12.8 Å². The first kappa shape index (κ1) is 12.9. The second kappa shape index (κ2) is 4.80. The zero-order chi connectivity index (χ0) is 12.3. The molecule has 0 bridgehead atoms. The maximum atomic E-state index is 10.5. The van der Waals surface area contributed by atoms with Gasteiger partial charge in [-0.25, -0.2) is 0 Å². The number of aliphatic imine (C=N–C) groups is 1. The van der Waals surface area contributed by atoms with Crippen molar-refractivity contribution in [2.75, 3.05) is 0 Å². The Labute approximate surface area is 97.9 Å². The molecule has 0 aromatic rings. The SMILES string of the molecule is CC1(O)CCCC1N=C(Cl)C(=CN)[N+](=O)[O-]. The molecule has 1 saturated carbocycles. The van der Waals surface area contributed by atoms with E-state index in [-0.39, 0.29) is 5.17 Å². The van der Waals surface area contributed by atoms with Gasteiger partial charge in [0.05, 0.1) is 22.8 Å². The second-order valence-corrected chi connectivity index (χ2v) is 4.35. The molecule has 0 saturated heterocycles. The van der Waals surface area contributed by atoms with Crippen LogP contribution in [0.1, 0.15) is 26.2 Å². The van der Waals surface area contributed by atoms with Gasteiger partial charge in [-0.1, -0.05) is 11.6 Å². The number of allylic oxidation sites excluding steroid dienone is 1. The van der Waals surface area contributed by atoms with E-state index in [1.807, 2.05) is 0 Å². The highest BCUT2D eigenvalue weighted by Crippen LogP contribution is 2.32. The lowest BCUT2D eigenvalue weighted by atomic mass is 10.0. The Morgan fingerprint density at radius 1 is 1.81 bits per heavy atom. The summed E-state index contributed by atoms with van der Waals surface area (Å²) >= 11 is 5.70. The third kappa shape index (κ3) is 2.70. The molecule has 0 radical (unpaired) electrons. The predicted octanol–water partition coefficient (Wildman–Crippen LogP) is 1.00. The van der Waals surface area contributed by atoms with Crippen LogP contribution in [0.15, 0.2) is 16.9 Å². The molecule has 0 heterocycles. The summed E-state index contributed by atoms with van der Waals surface area (Å²) in [6, 6.07) is -0.408. The van der Waals surface area contributed by atoms with E-state index >= 15 is 0 Å². The van der Waals surface area contributed by atoms with Gasteiger partial charge in [-0.2, -0.15) is 0 Å². The first-order chi connectivity index (χ1) is 7.38. The summed E-state index contributed by atoms with van der Waals surface area (Å²) in [7, 11) is 0. The average Bonchev–Trinajstić information content (AvgIpc) is 2.46. The molecule has 1 aliphatic rings. The molecule has 0 aliphatic heterocycles. The minimum absolute atomic E-state index is 0.264. The van der Waals surface area contributed by atoms with Crippen LogP contribution in [0, 0.1) is 10.1 Å². The number of nitrogens with two attached hydrogens (primary N) is 1. The van der Waals surface area contributed by atoms with Crippen molar-refractivity contribution in [2.24, 2.45) is 10.7 Å². The molecule has 90 valence electrons. The lowest BCUT2D eigenvalue weighted by Crippen LogP contribution is -2.33. The zero-order valence-corrected chi connectivity index (χ0v) is 9.65. The highest BCUT2D eigenvalue weighted by Gasteiger charge is 2.37. The second-order valence-electron chi connectivity index (χ2n) is 3.99. The van der Waals surface area contributed by atoms with Gasteiger partial charge in [0.2, 0.25) is 5.17 Å². The summed E-state index contributed by atoms with van der Waals surface area (Å²) in [5, 5.41) is 20.2. The number of aliphatic hydroxyl groups is 1. The standard InChI is InChI=1S/C9H14ClN3O3/c1-9(14)4-2-3-7(9)12-8(10)6(5-11)13(15)16/h5,7,14H,2-4,11H2,1H3. The number of nitro groups is 1. The maximum Gasteiger partial charge on any atom is 0.321 e. The minimum Gasteiger partial charge on any atom is -0.399 e. The highest BCUT2D eigenvalue weighted by molar-refractivity contribution is 6.69. The van der Waals surface area contributed by atoms with E-state index in [4.69, 9.17) is 17.3 Å². The maximum absolute atomic E-state index is 10.5. The van der Waals surface area contributed by atoms with Gasteiger partial charge in [-0.3, -0.25) is 15.1 Å². The Balaban J connectivity index is 2.88. The summed E-state index contributed by atoms with van der Waals surface area (Å²) < 4.78 is 0. The van der Waals surface area contributed by atoms with Crippen molar-refractivity contribution in [1.29, 1.82) is 0 Å². The zero-order valence-electron chi connectivity index (χ0n) is 8.89. The average molecular weight is 248 g/mol. The first-order valence-corrected chi connectivity index (χ1v) is 5.28. The van der Waals surface area contributed by atoms with Gasteiger partial charge < -0.3 is 10.8 Å². The van der Waals surface area contributed by atoms with Crippen molar-refractivity contribution >= 4 is 16.8 Å². The molecule has 0 spiro atoms. The van der Waals surface area contributed by atoms with Crippen LogP contribution in [0.4, 0.5) is 0 Å². The topological polar surface area (TPSA) is 102 Å². The molecular weight excluding hydrogens is 234 g/mol. The van der Waals surface area contributed by atoms with Gasteiger partial charge >= 0.3 is 5.70 Å². The number of rotatable bonds is 3. The molecule has 0 amide bonds. The molecular formula is C9H14ClN3O3. The molecule has 1 aliphatic carbocycles. The largest absolute Gasteiger partial charge is 0.399 e. The number of hydrogen-bond acceptors (Lipinski definition) is 5. The number of hydrogen-bond donors (Lipinski definition) is 2. The molecule has 1 fully saturated rings. The molecule has 0 aromatic heterocycles. The fourth-order valence-electron chi connectivity index (χ4n) is 1.74. The van der Waals surface area contributed by atoms with E-state index < -0.39 is 22.3 Å². The van der Waals surface area contributed by atoms with Crippen LogP contribution >= 0.6 is 11.6 Å². The van der Waals surface area contributed by atoms with Gasteiger partial charge in [0, 0.05) is 0 Å². The van der Waals surface area contributed by atoms with Gasteiger partial charge in [0.15, 0.2) is 0 Å². The van der Waals surface area contributed by atoms with E-state index in [2.05, 4.69) is 4.99 Å². The van der Waals surface area contributed by atoms with E-state index in [0.717, 1.165) is 12.6 Å². The van der Waals surface area contributed by atoms with Crippen molar-refractivity contribution in [2.45, 2.75) is 37.8 Å². The lowest BCUT2D eigenvalue weighted by molar-refractivity contribution is -0.414. The number of nitrogens with zero attached hydrogens (tertiary/aromatic N) is 2. The van der Waals surface area contributed by atoms with Crippen LogP contribution in [0.5, 0.6) is 0 Å². The summed E-state index contributed by atoms with van der Waals surface area (Å²) in [6.45, 7) is 1.65. The molecule has 16 heavy (non-hydrogen) atoms. The van der Waals surface area contributed by atoms with E-state index in [1.165, 1.54) is 0 Å². The Hall–Kier alpha value is -1.14. The van der Waals surface area contributed by atoms with Crippen LogP contribution in [0.25, 0.3) is 0 Å². The van der Waals surface area contributed by atoms with Crippen LogP contribution < -0.4 is 5.73 Å². The van der Waals surface area contributed by atoms with Crippen molar-refractivity contribution in [3.63, 3.8) is 0 Å². The summed E-state index contributed by atoms with van der Waals surface area (Å²) in [6.07, 6.45) is 2.91. The van der Waals surface area contributed by atoms with E-state index in [9.17, 15) is 15.2 Å². The quantitative estimate of drug-likeness (QED) is 0.441. The van der Waals surface area contributed by atoms with E-state index in [1.54, 1.807) is 6.92 Å². The van der Waals surface area contributed by atoms with Gasteiger partial charge in [0.25, 0.3) is 0 Å². The summed E-state index contributed by atoms with van der Waals surface area (Å²) in [5.41, 5.74) is 3.70. The fraction of sp³-hybridized carbons (Fsp3) is 0.667. The third-order valence-electron chi connectivity index (χ3n) is 2.71. The van der Waals surface area contributed by atoms with Gasteiger partial charge in [0.1, 0.15) is 0 Å². The minimum atomic E-state index is -0.948.